The lowest BCUT2D eigenvalue weighted by molar-refractivity contribution is 0.792. The van der Waals surface area contributed by atoms with Crippen LogP contribution in [-0.4, -0.2) is 11.6 Å². The molecule has 1 heterocycles. The zero-order chi connectivity index (χ0) is 33.0. The quantitative estimate of drug-likeness (QED) is 0.187. The lowest BCUT2D eigenvalue weighted by Gasteiger charge is -2.31. The molecule has 0 amide bonds. The Labute approximate surface area is 291 Å². The largest absolute Gasteiger partial charge is 0.345 e. The highest BCUT2D eigenvalue weighted by Crippen LogP contribution is 2.63. The summed E-state index contributed by atoms with van der Waals surface area (Å²) in [7, 11) is 2.19. The number of fused-ring (bicyclic) bond motifs is 14. The van der Waals surface area contributed by atoms with E-state index in [1.165, 1.54) is 94.1 Å². The molecule has 0 fully saturated rings. The Morgan fingerprint density at radius 3 is 1.60 bits per heavy atom. The molecular weight excluding hydrogens is 605 g/mol. The third-order valence-corrected chi connectivity index (χ3v) is 11.4. The molecule has 0 saturated carbocycles. The molecule has 0 atom stereocenters. The minimum atomic E-state index is -0.452. The zero-order valence-electron chi connectivity index (χ0n) is 27.6. The Morgan fingerprint density at radius 1 is 0.400 bits per heavy atom. The van der Waals surface area contributed by atoms with Gasteiger partial charge in [-0.1, -0.05) is 127 Å². The summed E-state index contributed by atoms with van der Waals surface area (Å²) >= 11 is 0. The van der Waals surface area contributed by atoms with E-state index in [1.54, 1.807) is 0 Å². The van der Waals surface area contributed by atoms with Gasteiger partial charge in [-0.15, -0.1) is 0 Å². The van der Waals surface area contributed by atoms with Crippen molar-refractivity contribution in [1.29, 1.82) is 0 Å². The first-order chi connectivity index (χ1) is 24.7. The highest BCUT2D eigenvalue weighted by molar-refractivity contribution is 6.09. The van der Waals surface area contributed by atoms with Gasteiger partial charge in [0.1, 0.15) is 0 Å². The highest BCUT2D eigenvalue weighted by atomic mass is 15.1. The van der Waals surface area contributed by atoms with E-state index in [2.05, 4.69) is 192 Å². The summed E-state index contributed by atoms with van der Waals surface area (Å²) in [6, 6.07) is 65.4. The number of anilines is 2. The summed E-state index contributed by atoms with van der Waals surface area (Å²) in [4.78, 5) is 2.33. The molecule has 0 radical (unpaired) electrons. The van der Waals surface area contributed by atoms with Gasteiger partial charge < -0.3 is 9.47 Å². The number of benzene rings is 8. The predicted octanol–water partition coefficient (Wildman–Crippen LogP) is 12.0. The van der Waals surface area contributed by atoms with Crippen LogP contribution < -0.4 is 4.90 Å². The van der Waals surface area contributed by atoms with E-state index in [0.29, 0.717) is 0 Å². The second-order valence-corrected chi connectivity index (χ2v) is 13.8. The van der Waals surface area contributed by atoms with Gasteiger partial charge in [-0.2, -0.15) is 0 Å². The predicted molar refractivity (Wildman–Crippen MR) is 209 cm³/mol. The second-order valence-electron chi connectivity index (χ2n) is 13.8. The minimum Gasteiger partial charge on any atom is -0.345 e. The van der Waals surface area contributed by atoms with Crippen molar-refractivity contribution < 1.29 is 0 Å². The summed E-state index contributed by atoms with van der Waals surface area (Å²) < 4.78 is 2.45. The van der Waals surface area contributed by atoms with E-state index in [0.717, 1.165) is 0 Å². The van der Waals surface area contributed by atoms with E-state index in [4.69, 9.17) is 0 Å². The van der Waals surface area contributed by atoms with E-state index in [-0.39, 0.29) is 0 Å². The summed E-state index contributed by atoms with van der Waals surface area (Å²) in [5.41, 5.74) is 16.2. The van der Waals surface area contributed by atoms with Crippen LogP contribution in [0.4, 0.5) is 11.4 Å². The van der Waals surface area contributed by atoms with Crippen molar-refractivity contribution in [3.63, 3.8) is 0 Å². The normalized spacial score (nSPS) is 13.5. The van der Waals surface area contributed by atoms with Gasteiger partial charge in [0.15, 0.2) is 0 Å². The maximum Gasteiger partial charge on any atom is 0.0727 e. The van der Waals surface area contributed by atoms with Gasteiger partial charge >= 0.3 is 0 Å². The average Bonchev–Trinajstić information content (AvgIpc) is 3.79. The Bertz CT molecular complexity index is 2760. The second kappa shape index (κ2) is 10.1. The van der Waals surface area contributed by atoms with E-state index < -0.39 is 5.41 Å². The summed E-state index contributed by atoms with van der Waals surface area (Å²) in [5.74, 6) is 0. The summed E-state index contributed by atoms with van der Waals surface area (Å²) in [5, 5.41) is 5.06. The van der Waals surface area contributed by atoms with E-state index in [9.17, 15) is 0 Å². The van der Waals surface area contributed by atoms with Crippen LogP contribution in [0.2, 0.25) is 0 Å². The van der Waals surface area contributed by atoms with Crippen LogP contribution in [-0.2, 0) is 5.41 Å². The molecule has 234 valence electrons. The van der Waals surface area contributed by atoms with Crippen molar-refractivity contribution in [3.8, 4) is 27.9 Å². The number of rotatable bonds is 3. The van der Waals surface area contributed by atoms with Crippen molar-refractivity contribution in [2.24, 2.45) is 0 Å². The smallest absolute Gasteiger partial charge is 0.0727 e. The van der Waals surface area contributed by atoms with E-state index >= 15 is 0 Å². The lowest BCUT2D eigenvalue weighted by atomic mass is 9.70. The molecule has 2 nitrogen and oxygen atoms in total. The fourth-order valence-electron chi connectivity index (χ4n) is 9.20. The molecule has 0 saturated heterocycles. The molecule has 50 heavy (non-hydrogen) atoms. The Balaban J connectivity index is 1.19. The van der Waals surface area contributed by atoms with Gasteiger partial charge in [-0.05, 0) is 104 Å². The zero-order valence-corrected chi connectivity index (χ0v) is 27.6. The topological polar surface area (TPSA) is 8.17 Å². The van der Waals surface area contributed by atoms with E-state index in [1.807, 2.05) is 0 Å². The van der Waals surface area contributed by atoms with Crippen LogP contribution in [0.3, 0.4) is 0 Å². The van der Waals surface area contributed by atoms with Gasteiger partial charge in [-0.25, -0.2) is 0 Å². The number of para-hydroxylation sites is 2. The van der Waals surface area contributed by atoms with Crippen molar-refractivity contribution in [3.05, 3.63) is 198 Å². The molecule has 0 bridgehead atoms. The molecule has 0 unspecified atom stereocenters. The van der Waals surface area contributed by atoms with Crippen molar-refractivity contribution in [2.45, 2.75) is 5.41 Å². The lowest BCUT2D eigenvalue weighted by Crippen LogP contribution is -2.26. The number of nitrogens with zero attached hydrogens (tertiary/aromatic N) is 2. The number of aromatic nitrogens is 1. The van der Waals surface area contributed by atoms with Crippen LogP contribution in [0.15, 0.2) is 176 Å². The highest BCUT2D eigenvalue weighted by Gasteiger charge is 2.52. The molecule has 0 aliphatic heterocycles. The first-order valence-electron chi connectivity index (χ1n) is 17.4. The molecule has 9 aromatic rings. The average molecular weight is 637 g/mol. The molecule has 11 rings (SSSR count). The van der Waals surface area contributed by atoms with Crippen LogP contribution >= 0.6 is 0 Å². The summed E-state index contributed by atoms with van der Waals surface area (Å²) in [6.45, 7) is 0. The first-order valence-corrected chi connectivity index (χ1v) is 17.4. The summed E-state index contributed by atoms with van der Waals surface area (Å²) in [6.07, 6.45) is 0. The van der Waals surface area contributed by atoms with Gasteiger partial charge in [-0.3, -0.25) is 0 Å². The van der Waals surface area contributed by atoms with Gasteiger partial charge in [0.05, 0.1) is 16.4 Å². The number of hydrogen-bond donors (Lipinski definition) is 0. The van der Waals surface area contributed by atoms with Crippen LogP contribution in [0.25, 0.3) is 60.5 Å². The van der Waals surface area contributed by atoms with Gasteiger partial charge in [0.25, 0.3) is 0 Å². The Kier molecular flexibility index (Phi) is 5.55. The fourth-order valence-corrected chi connectivity index (χ4v) is 9.20. The Hall–Kier alpha value is -6.38. The minimum absolute atomic E-state index is 0.452. The molecule has 0 N–H and O–H groups in total. The molecule has 8 aromatic carbocycles. The molecule has 1 aromatic heterocycles. The molecule has 2 heteroatoms. The van der Waals surface area contributed by atoms with Crippen molar-refractivity contribution >= 4 is 44.0 Å². The fraction of sp³-hybridized carbons (Fsp3) is 0.0417. The van der Waals surface area contributed by atoms with Gasteiger partial charge in [0, 0.05) is 34.9 Å². The van der Waals surface area contributed by atoms with Crippen LogP contribution in [0.5, 0.6) is 0 Å². The third kappa shape index (κ3) is 3.52. The molecule has 2 aliphatic carbocycles. The molecule has 2 aliphatic rings. The standard InChI is InChI=1S/C48H32N2/c1-49(33-23-22-31-12-2-3-13-32(31)28-33)34-24-26-38-39-27-25-35(50-46-20-10-6-16-40(46)41-17-7-11-21-47(41)50)30-45(39)48(44(38)29-34)42-18-8-4-14-36(42)37-15-5-9-19-43(37)48/h2-30H,1H3. The van der Waals surface area contributed by atoms with Crippen molar-refractivity contribution in [1.82, 2.24) is 4.57 Å². The van der Waals surface area contributed by atoms with Crippen molar-refractivity contribution in [2.75, 3.05) is 11.9 Å². The SMILES string of the molecule is CN(c1ccc2c(c1)C1(c3ccccc3-c3ccccc31)c1cc(-n3c4ccccc4c4ccccc43)ccc1-2)c1ccc2ccccc2c1. The third-order valence-electron chi connectivity index (χ3n) is 11.4. The number of hydrogen-bond acceptors (Lipinski definition) is 1. The maximum absolute atomic E-state index is 2.49. The molecule has 1 spiro atoms. The Morgan fingerprint density at radius 2 is 0.900 bits per heavy atom. The van der Waals surface area contributed by atoms with Crippen LogP contribution in [0.1, 0.15) is 22.3 Å². The molecular formula is C48H32N2. The monoisotopic (exact) mass is 636 g/mol. The van der Waals surface area contributed by atoms with Crippen LogP contribution in [0, 0.1) is 0 Å². The van der Waals surface area contributed by atoms with Gasteiger partial charge in [0.2, 0.25) is 0 Å². The maximum atomic E-state index is 2.49. The first kappa shape index (κ1) is 27.6.